The normalized spacial score (nSPS) is 11.9. The molecular weight excluding hydrogens is 196 g/mol. The van der Waals surface area contributed by atoms with Crippen molar-refractivity contribution in [3.8, 4) is 0 Å². The third-order valence-corrected chi connectivity index (χ3v) is 2.55. The average Bonchev–Trinajstić information content (AvgIpc) is 2.54. The second-order valence-corrected chi connectivity index (χ2v) is 5.22. The first-order valence-electron chi connectivity index (χ1n) is 4.85. The molecule has 1 aromatic heterocycles. The maximum absolute atomic E-state index is 5.11. The fraction of sp³-hybridized carbons (Fsp3) is 0.700. The summed E-state index contributed by atoms with van der Waals surface area (Å²) in [5.74, 6) is 1.05. The molecule has 0 unspecified atom stereocenters. The molecule has 0 amide bonds. The highest BCUT2D eigenvalue weighted by atomic mass is 32.2. The molecule has 0 aliphatic heterocycles. The van der Waals surface area contributed by atoms with E-state index in [2.05, 4.69) is 31.1 Å². The van der Waals surface area contributed by atoms with Gasteiger partial charge in [0.05, 0.1) is 6.20 Å². The van der Waals surface area contributed by atoms with Crippen LogP contribution in [0, 0.1) is 0 Å². The minimum Gasteiger partial charge on any atom is -0.440 e. The zero-order valence-corrected chi connectivity index (χ0v) is 9.86. The molecular formula is C10H18N2OS. The predicted molar refractivity (Wildman–Crippen MR) is 59.6 cm³/mol. The summed E-state index contributed by atoms with van der Waals surface area (Å²) in [4.78, 5) is 4.04. The maximum atomic E-state index is 5.11. The van der Waals surface area contributed by atoms with Gasteiger partial charge >= 0.3 is 0 Å². The van der Waals surface area contributed by atoms with Crippen molar-refractivity contribution in [1.29, 1.82) is 0 Å². The van der Waals surface area contributed by atoms with E-state index >= 15 is 0 Å². The average molecular weight is 214 g/mol. The summed E-state index contributed by atoms with van der Waals surface area (Å²) >= 11 is 1.66. The zero-order valence-electron chi connectivity index (χ0n) is 9.04. The SMILES string of the molecule is CC(C)(C)NCCCSc1ncco1. The fourth-order valence-corrected chi connectivity index (χ4v) is 1.70. The molecule has 0 radical (unpaired) electrons. The first-order chi connectivity index (χ1) is 6.58. The van der Waals surface area contributed by atoms with E-state index < -0.39 is 0 Å². The molecule has 0 spiro atoms. The zero-order chi connectivity index (χ0) is 10.4. The number of thioether (sulfide) groups is 1. The van der Waals surface area contributed by atoms with Crippen molar-refractivity contribution >= 4 is 11.8 Å². The number of hydrogen-bond donors (Lipinski definition) is 1. The van der Waals surface area contributed by atoms with E-state index in [1.54, 1.807) is 24.2 Å². The Morgan fingerprint density at radius 2 is 2.29 bits per heavy atom. The van der Waals surface area contributed by atoms with Gasteiger partial charge in [0.2, 0.25) is 0 Å². The van der Waals surface area contributed by atoms with Gasteiger partial charge in [0.1, 0.15) is 6.26 Å². The van der Waals surface area contributed by atoms with E-state index in [1.165, 1.54) is 0 Å². The molecule has 0 atom stereocenters. The van der Waals surface area contributed by atoms with Gasteiger partial charge in [-0.2, -0.15) is 0 Å². The number of nitrogens with one attached hydrogen (secondary N) is 1. The van der Waals surface area contributed by atoms with Gasteiger partial charge in [-0.15, -0.1) is 0 Å². The molecule has 4 heteroatoms. The van der Waals surface area contributed by atoms with Crippen molar-refractivity contribution in [2.75, 3.05) is 12.3 Å². The second kappa shape index (κ2) is 5.41. The quantitative estimate of drug-likeness (QED) is 0.604. The van der Waals surface area contributed by atoms with E-state index in [1.807, 2.05) is 0 Å². The van der Waals surface area contributed by atoms with Crippen LogP contribution in [0.4, 0.5) is 0 Å². The first kappa shape index (κ1) is 11.6. The van der Waals surface area contributed by atoms with Crippen LogP contribution in [0.15, 0.2) is 22.1 Å². The molecule has 0 saturated carbocycles. The van der Waals surface area contributed by atoms with Crippen LogP contribution in [-0.2, 0) is 0 Å². The Morgan fingerprint density at radius 1 is 1.50 bits per heavy atom. The van der Waals surface area contributed by atoms with Crippen molar-refractivity contribution in [2.45, 2.75) is 38.0 Å². The lowest BCUT2D eigenvalue weighted by Gasteiger charge is -2.20. The summed E-state index contributed by atoms with van der Waals surface area (Å²) in [5, 5.41) is 4.20. The summed E-state index contributed by atoms with van der Waals surface area (Å²) in [6, 6.07) is 0. The summed E-state index contributed by atoms with van der Waals surface area (Å²) in [5.41, 5.74) is 0.216. The molecule has 0 aliphatic carbocycles. The van der Waals surface area contributed by atoms with Crippen molar-refractivity contribution in [2.24, 2.45) is 0 Å². The third-order valence-electron chi connectivity index (χ3n) is 1.61. The lowest BCUT2D eigenvalue weighted by Crippen LogP contribution is -2.36. The van der Waals surface area contributed by atoms with E-state index in [9.17, 15) is 0 Å². The van der Waals surface area contributed by atoms with E-state index in [0.29, 0.717) is 0 Å². The van der Waals surface area contributed by atoms with Crippen molar-refractivity contribution in [1.82, 2.24) is 10.3 Å². The maximum Gasteiger partial charge on any atom is 0.255 e. The molecule has 14 heavy (non-hydrogen) atoms. The molecule has 0 saturated heterocycles. The Kier molecular flexibility index (Phi) is 4.48. The van der Waals surface area contributed by atoms with Crippen LogP contribution in [0.1, 0.15) is 27.2 Å². The summed E-state index contributed by atoms with van der Waals surface area (Å²) in [6.07, 6.45) is 4.41. The van der Waals surface area contributed by atoms with Gasteiger partial charge in [0.25, 0.3) is 5.22 Å². The molecule has 0 aromatic carbocycles. The Bertz CT molecular complexity index is 241. The highest BCUT2D eigenvalue weighted by Crippen LogP contribution is 2.15. The van der Waals surface area contributed by atoms with Crippen LogP contribution in [0.25, 0.3) is 0 Å². The van der Waals surface area contributed by atoms with Crippen molar-refractivity contribution in [3.05, 3.63) is 12.5 Å². The van der Waals surface area contributed by atoms with E-state index in [0.717, 1.165) is 23.9 Å². The van der Waals surface area contributed by atoms with E-state index in [-0.39, 0.29) is 5.54 Å². The van der Waals surface area contributed by atoms with Gasteiger partial charge in [-0.3, -0.25) is 0 Å². The number of hydrogen-bond acceptors (Lipinski definition) is 4. The van der Waals surface area contributed by atoms with Crippen LogP contribution in [-0.4, -0.2) is 22.8 Å². The molecule has 1 aromatic rings. The number of nitrogens with zero attached hydrogens (tertiary/aromatic N) is 1. The highest BCUT2D eigenvalue weighted by Gasteiger charge is 2.07. The lowest BCUT2D eigenvalue weighted by molar-refractivity contribution is 0.427. The molecule has 80 valence electrons. The van der Waals surface area contributed by atoms with Crippen LogP contribution in [0.5, 0.6) is 0 Å². The van der Waals surface area contributed by atoms with Gasteiger partial charge in [0, 0.05) is 11.3 Å². The number of oxazole rings is 1. The summed E-state index contributed by atoms with van der Waals surface area (Å²) in [7, 11) is 0. The Labute approximate surface area is 89.7 Å². The van der Waals surface area contributed by atoms with E-state index in [4.69, 9.17) is 4.42 Å². The minimum absolute atomic E-state index is 0.216. The molecule has 1 heterocycles. The second-order valence-electron chi connectivity index (χ2n) is 4.18. The van der Waals surface area contributed by atoms with Gasteiger partial charge in [-0.05, 0) is 33.7 Å². The first-order valence-corrected chi connectivity index (χ1v) is 5.84. The number of rotatable bonds is 5. The van der Waals surface area contributed by atoms with Gasteiger partial charge in [-0.25, -0.2) is 4.98 Å². The smallest absolute Gasteiger partial charge is 0.255 e. The highest BCUT2D eigenvalue weighted by molar-refractivity contribution is 7.99. The van der Waals surface area contributed by atoms with Crippen molar-refractivity contribution < 1.29 is 4.42 Å². The third kappa shape index (κ3) is 5.29. The largest absolute Gasteiger partial charge is 0.440 e. The molecule has 1 rings (SSSR count). The minimum atomic E-state index is 0.216. The van der Waals surface area contributed by atoms with Gasteiger partial charge < -0.3 is 9.73 Å². The Balaban J connectivity index is 2.00. The Hall–Kier alpha value is -0.480. The molecule has 3 nitrogen and oxygen atoms in total. The molecule has 0 aliphatic rings. The standard InChI is InChI=1S/C10H18N2OS/c1-10(2,3)12-5-4-8-14-9-11-6-7-13-9/h6-7,12H,4-5,8H2,1-3H3. The fourth-order valence-electron chi connectivity index (χ4n) is 0.977. The van der Waals surface area contributed by atoms with Gasteiger partial charge in [0.15, 0.2) is 0 Å². The topological polar surface area (TPSA) is 38.1 Å². The van der Waals surface area contributed by atoms with Crippen molar-refractivity contribution in [3.63, 3.8) is 0 Å². The molecule has 0 fully saturated rings. The van der Waals surface area contributed by atoms with Crippen LogP contribution < -0.4 is 5.32 Å². The Morgan fingerprint density at radius 3 is 2.86 bits per heavy atom. The molecule has 0 bridgehead atoms. The van der Waals surface area contributed by atoms with Crippen LogP contribution >= 0.6 is 11.8 Å². The summed E-state index contributed by atoms with van der Waals surface area (Å²) < 4.78 is 5.11. The lowest BCUT2D eigenvalue weighted by atomic mass is 10.1. The number of aromatic nitrogens is 1. The predicted octanol–water partition coefficient (Wildman–Crippen LogP) is 2.54. The summed E-state index contributed by atoms with van der Waals surface area (Å²) in [6.45, 7) is 7.56. The van der Waals surface area contributed by atoms with Crippen LogP contribution in [0.3, 0.4) is 0 Å². The molecule has 1 N–H and O–H groups in total. The monoisotopic (exact) mass is 214 g/mol. The van der Waals surface area contributed by atoms with Crippen LogP contribution in [0.2, 0.25) is 0 Å². The van der Waals surface area contributed by atoms with Gasteiger partial charge in [-0.1, -0.05) is 11.8 Å².